The first-order chi connectivity index (χ1) is 9.59. The van der Waals surface area contributed by atoms with Crippen molar-refractivity contribution in [3.63, 3.8) is 0 Å². The molecule has 1 heterocycles. The van der Waals surface area contributed by atoms with Gasteiger partial charge >= 0.3 is 0 Å². The Labute approximate surface area is 121 Å². The van der Waals surface area contributed by atoms with Crippen LogP contribution in [0.4, 0.5) is 0 Å². The Morgan fingerprint density at radius 2 is 2.10 bits per heavy atom. The highest BCUT2D eigenvalue weighted by Gasteiger charge is 2.36. The maximum absolute atomic E-state index is 6.68. The van der Waals surface area contributed by atoms with Gasteiger partial charge < -0.3 is 5.73 Å². The van der Waals surface area contributed by atoms with E-state index in [1.165, 1.54) is 42.0 Å². The van der Waals surface area contributed by atoms with Crippen molar-refractivity contribution >= 4 is 10.8 Å². The molecule has 1 saturated carbocycles. The molecule has 2 atom stereocenters. The van der Waals surface area contributed by atoms with Crippen LogP contribution in [0.3, 0.4) is 0 Å². The molecular formula is C18H24N2. The van der Waals surface area contributed by atoms with E-state index in [1.807, 2.05) is 12.4 Å². The largest absolute Gasteiger partial charge is 0.324 e. The summed E-state index contributed by atoms with van der Waals surface area (Å²) in [5, 5.41) is 2.45. The maximum atomic E-state index is 6.68. The Balaban J connectivity index is 2.02. The van der Waals surface area contributed by atoms with E-state index in [4.69, 9.17) is 5.73 Å². The van der Waals surface area contributed by atoms with Gasteiger partial charge in [-0.25, -0.2) is 0 Å². The summed E-state index contributed by atoms with van der Waals surface area (Å²) in [5.41, 5.74) is 8.28. The second-order valence-corrected chi connectivity index (χ2v) is 6.81. The first kappa shape index (κ1) is 13.6. The van der Waals surface area contributed by atoms with Crippen molar-refractivity contribution < 1.29 is 0 Å². The zero-order valence-electron chi connectivity index (χ0n) is 12.5. The molecule has 0 amide bonds. The fourth-order valence-electron chi connectivity index (χ4n) is 3.83. The minimum Gasteiger partial charge on any atom is -0.324 e. The van der Waals surface area contributed by atoms with Gasteiger partial charge in [0.1, 0.15) is 0 Å². The summed E-state index contributed by atoms with van der Waals surface area (Å²) in [7, 11) is 0. The molecule has 0 radical (unpaired) electrons. The molecular weight excluding hydrogens is 244 g/mol. The molecule has 1 aliphatic rings. The van der Waals surface area contributed by atoms with Crippen LogP contribution in [-0.4, -0.2) is 4.98 Å². The molecule has 2 aromatic rings. The summed E-state index contributed by atoms with van der Waals surface area (Å²) in [6, 6.07) is 8.61. The second kappa shape index (κ2) is 5.17. The Hall–Kier alpha value is -1.41. The van der Waals surface area contributed by atoms with E-state index in [2.05, 4.69) is 43.1 Å². The van der Waals surface area contributed by atoms with Crippen LogP contribution in [-0.2, 0) is 0 Å². The predicted molar refractivity (Wildman–Crippen MR) is 84.4 cm³/mol. The predicted octanol–water partition coefficient (Wildman–Crippen LogP) is 4.45. The average Bonchev–Trinajstić information content (AvgIpc) is 2.45. The van der Waals surface area contributed by atoms with Gasteiger partial charge in [0.25, 0.3) is 0 Å². The highest BCUT2D eigenvalue weighted by Crippen LogP contribution is 2.46. The molecule has 106 valence electrons. The highest BCUT2D eigenvalue weighted by atomic mass is 14.7. The Morgan fingerprint density at radius 3 is 2.90 bits per heavy atom. The quantitative estimate of drug-likeness (QED) is 0.874. The summed E-state index contributed by atoms with van der Waals surface area (Å²) in [6.07, 6.45) is 8.99. The van der Waals surface area contributed by atoms with E-state index >= 15 is 0 Å². The molecule has 1 aromatic heterocycles. The Morgan fingerprint density at radius 1 is 1.25 bits per heavy atom. The number of nitrogens with zero attached hydrogens (tertiary/aromatic N) is 1. The molecule has 20 heavy (non-hydrogen) atoms. The topological polar surface area (TPSA) is 38.9 Å². The van der Waals surface area contributed by atoms with E-state index in [0.717, 1.165) is 0 Å². The molecule has 0 saturated heterocycles. The molecule has 1 aliphatic carbocycles. The molecule has 2 unspecified atom stereocenters. The third-order valence-electron chi connectivity index (χ3n) is 5.10. The van der Waals surface area contributed by atoms with E-state index in [-0.39, 0.29) is 6.04 Å². The zero-order valence-corrected chi connectivity index (χ0v) is 12.5. The first-order valence-corrected chi connectivity index (χ1v) is 7.68. The van der Waals surface area contributed by atoms with Gasteiger partial charge in [-0.3, -0.25) is 4.98 Å². The van der Waals surface area contributed by atoms with Crippen molar-refractivity contribution in [2.24, 2.45) is 17.1 Å². The SMILES string of the molecule is CC1(C)CCCCC1C(N)c1cccc2ccncc12. The lowest BCUT2D eigenvalue weighted by Crippen LogP contribution is -2.36. The second-order valence-electron chi connectivity index (χ2n) is 6.81. The van der Waals surface area contributed by atoms with Gasteiger partial charge in [-0.05, 0) is 41.2 Å². The lowest BCUT2D eigenvalue weighted by atomic mass is 9.65. The number of benzene rings is 1. The smallest absolute Gasteiger partial charge is 0.0349 e. The van der Waals surface area contributed by atoms with Crippen LogP contribution in [0.2, 0.25) is 0 Å². The van der Waals surface area contributed by atoms with Crippen molar-refractivity contribution in [3.8, 4) is 0 Å². The number of fused-ring (bicyclic) bond motifs is 1. The Bertz CT molecular complexity index is 598. The van der Waals surface area contributed by atoms with E-state index in [1.54, 1.807) is 0 Å². The van der Waals surface area contributed by atoms with Gasteiger partial charge in [0, 0.05) is 23.8 Å². The third kappa shape index (κ3) is 2.33. The van der Waals surface area contributed by atoms with Crippen LogP contribution in [0, 0.1) is 11.3 Å². The van der Waals surface area contributed by atoms with E-state index in [0.29, 0.717) is 11.3 Å². The fourth-order valence-corrected chi connectivity index (χ4v) is 3.83. The summed E-state index contributed by atoms with van der Waals surface area (Å²) in [5.74, 6) is 0.557. The standard InChI is InChI=1S/C18H24N2/c1-18(2)10-4-3-8-16(18)17(19)14-7-5-6-13-9-11-20-12-15(13)14/h5-7,9,11-12,16-17H,3-4,8,10,19H2,1-2H3. The van der Waals surface area contributed by atoms with Crippen molar-refractivity contribution in [1.29, 1.82) is 0 Å². The number of hydrogen-bond acceptors (Lipinski definition) is 2. The summed E-state index contributed by atoms with van der Waals surface area (Å²) in [4.78, 5) is 4.28. The van der Waals surface area contributed by atoms with Crippen LogP contribution in [0.15, 0.2) is 36.7 Å². The number of nitrogens with two attached hydrogens (primary N) is 1. The van der Waals surface area contributed by atoms with Crippen LogP contribution in [0.5, 0.6) is 0 Å². The number of pyridine rings is 1. The van der Waals surface area contributed by atoms with Gasteiger partial charge in [-0.15, -0.1) is 0 Å². The maximum Gasteiger partial charge on any atom is 0.0349 e. The highest BCUT2D eigenvalue weighted by molar-refractivity contribution is 5.85. The molecule has 1 fully saturated rings. The first-order valence-electron chi connectivity index (χ1n) is 7.68. The van der Waals surface area contributed by atoms with Crippen molar-refractivity contribution in [1.82, 2.24) is 4.98 Å². The molecule has 2 heteroatoms. The van der Waals surface area contributed by atoms with Gasteiger partial charge in [0.15, 0.2) is 0 Å². The van der Waals surface area contributed by atoms with Crippen LogP contribution < -0.4 is 5.73 Å². The summed E-state index contributed by atoms with van der Waals surface area (Å²) < 4.78 is 0. The fraction of sp³-hybridized carbons (Fsp3) is 0.500. The molecule has 1 aromatic carbocycles. The van der Waals surface area contributed by atoms with Gasteiger partial charge in [-0.2, -0.15) is 0 Å². The number of rotatable bonds is 2. The van der Waals surface area contributed by atoms with Crippen molar-refractivity contribution in [2.45, 2.75) is 45.6 Å². The summed E-state index contributed by atoms with van der Waals surface area (Å²) >= 11 is 0. The average molecular weight is 268 g/mol. The number of hydrogen-bond donors (Lipinski definition) is 1. The van der Waals surface area contributed by atoms with Crippen LogP contribution >= 0.6 is 0 Å². The molecule has 0 bridgehead atoms. The van der Waals surface area contributed by atoms with Crippen LogP contribution in [0.1, 0.15) is 51.1 Å². The molecule has 0 spiro atoms. The minimum atomic E-state index is 0.109. The van der Waals surface area contributed by atoms with Gasteiger partial charge in [0.2, 0.25) is 0 Å². The number of aromatic nitrogens is 1. The monoisotopic (exact) mass is 268 g/mol. The van der Waals surface area contributed by atoms with Crippen molar-refractivity contribution in [3.05, 3.63) is 42.2 Å². The van der Waals surface area contributed by atoms with E-state index in [9.17, 15) is 0 Å². The minimum absolute atomic E-state index is 0.109. The lowest BCUT2D eigenvalue weighted by molar-refractivity contribution is 0.113. The lowest BCUT2D eigenvalue weighted by Gasteiger charge is -2.42. The summed E-state index contributed by atoms with van der Waals surface area (Å²) in [6.45, 7) is 4.75. The Kier molecular flexibility index (Phi) is 3.51. The van der Waals surface area contributed by atoms with Gasteiger partial charge in [-0.1, -0.05) is 44.9 Å². The third-order valence-corrected chi connectivity index (χ3v) is 5.10. The van der Waals surface area contributed by atoms with E-state index < -0.39 is 0 Å². The van der Waals surface area contributed by atoms with Crippen molar-refractivity contribution in [2.75, 3.05) is 0 Å². The van der Waals surface area contributed by atoms with Gasteiger partial charge in [0.05, 0.1) is 0 Å². The molecule has 2 nitrogen and oxygen atoms in total. The molecule has 0 aliphatic heterocycles. The molecule has 2 N–H and O–H groups in total. The van der Waals surface area contributed by atoms with Crippen LogP contribution in [0.25, 0.3) is 10.8 Å². The molecule has 3 rings (SSSR count). The zero-order chi connectivity index (χ0) is 14.2. The normalized spacial score (nSPS) is 23.6.